The molecule has 0 aliphatic carbocycles. The first-order chi connectivity index (χ1) is 8.40. The molecule has 80 valence electrons. The molecule has 0 amide bonds. The van der Waals surface area contributed by atoms with E-state index in [2.05, 4.69) is 57.3 Å². The van der Waals surface area contributed by atoms with Crippen molar-refractivity contribution in [1.29, 1.82) is 0 Å². The Labute approximate surface area is 97.3 Å². The van der Waals surface area contributed by atoms with Crippen LogP contribution in [0.5, 0.6) is 0 Å². The quantitative estimate of drug-likeness (QED) is 0.358. The molecule has 0 saturated carbocycles. The summed E-state index contributed by atoms with van der Waals surface area (Å²) in [5.41, 5.74) is 2.27. The lowest BCUT2D eigenvalue weighted by Crippen LogP contribution is -2.19. The van der Waals surface area contributed by atoms with Crippen LogP contribution in [0.2, 0.25) is 0 Å². The molecule has 0 bridgehead atoms. The van der Waals surface area contributed by atoms with Gasteiger partial charge in [0.2, 0.25) is 5.52 Å². The molecule has 17 heavy (non-hydrogen) atoms. The second-order valence-electron chi connectivity index (χ2n) is 4.24. The van der Waals surface area contributed by atoms with Crippen LogP contribution in [0.4, 0.5) is 0 Å². The summed E-state index contributed by atoms with van der Waals surface area (Å²) in [6.45, 7) is 0. The number of aromatic nitrogens is 3. The lowest BCUT2D eigenvalue weighted by Gasteiger charge is -1.97. The smallest absolute Gasteiger partial charge is 0.211 e. The maximum absolute atomic E-state index is 4.06. The van der Waals surface area contributed by atoms with Gasteiger partial charge in [0.1, 0.15) is 0 Å². The number of benzene rings is 1. The van der Waals surface area contributed by atoms with Gasteiger partial charge >= 0.3 is 0 Å². The highest BCUT2D eigenvalue weighted by atomic mass is 15.1. The average molecular weight is 220 g/mol. The summed E-state index contributed by atoms with van der Waals surface area (Å²) < 4.78 is 2.13. The molecule has 3 nitrogen and oxygen atoms in total. The minimum Gasteiger partial charge on any atom is -0.278 e. The van der Waals surface area contributed by atoms with Crippen molar-refractivity contribution in [2.45, 2.75) is 0 Å². The zero-order valence-electron chi connectivity index (χ0n) is 9.09. The molecule has 0 unspecified atom stereocenters. The van der Waals surface area contributed by atoms with Crippen LogP contribution in [-0.2, 0) is 0 Å². The van der Waals surface area contributed by atoms with Gasteiger partial charge in [-0.3, -0.25) is 5.10 Å². The van der Waals surface area contributed by atoms with Crippen LogP contribution in [0, 0.1) is 0 Å². The van der Waals surface area contributed by atoms with Crippen molar-refractivity contribution in [2.75, 3.05) is 0 Å². The molecular weight excluding hydrogens is 210 g/mol. The van der Waals surface area contributed by atoms with Gasteiger partial charge in [0.25, 0.3) is 0 Å². The number of hydrogen-bond donors (Lipinski definition) is 1. The molecule has 3 aromatic heterocycles. The number of rotatable bonds is 0. The third kappa shape index (κ3) is 1.22. The van der Waals surface area contributed by atoms with Gasteiger partial charge < -0.3 is 0 Å². The summed E-state index contributed by atoms with van der Waals surface area (Å²) in [7, 11) is 0. The monoisotopic (exact) mass is 220 g/mol. The van der Waals surface area contributed by atoms with E-state index in [4.69, 9.17) is 0 Å². The first-order valence-electron chi connectivity index (χ1n) is 5.57. The standard InChI is InChI=1S/C14H9N3/c1-2-4-17-9-12-7-14-11(8-15-16-14)5-10(12)6-13(17)3-1/h1-9H/p+1. The van der Waals surface area contributed by atoms with E-state index in [1.54, 1.807) is 0 Å². The van der Waals surface area contributed by atoms with E-state index in [0.29, 0.717) is 0 Å². The molecule has 0 atom stereocenters. The van der Waals surface area contributed by atoms with E-state index in [9.17, 15) is 0 Å². The molecule has 4 rings (SSSR count). The number of hydrogen-bond acceptors (Lipinski definition) is 1. The van der Waals surface area contributed by atoms with E-state index in [0.717, 1.165) is 10.9 Å². The fraction of sp³-hybridized carbons (Fsp3) is 0. The first-order valence-corrected chi connectivity index (χ1v) is 5.57. The van der Waals surface area contributed by atoms with Gasteiger partial charge in [-0.25, -0.2) is 0 Å². The fourth-order valence-corrected chi connectivity index (χ4v) is 2.28. The molecular formula is C14H10N3+. The molecule has 0 spiro atoms. The normalized spacial score (nSPS) is 11.5. The van der Waals surface area contributed by atoms with E-state index < -0.39 is 0 Å². The number of nitrogens with one attached hydrogen (secondary N) is 1. The van der Waals surface area contributed by atoms with Crippen LogP contribution in [0.1, 0.15) is 0 Å². The second-order valence-corrected chi connectivity index (χ2v) is 4.24. The maximum Gasteiger partial charge on any atom is 0.211 e. The van der Waals surface area contributed by atoms with Crippen LogP contribution in [0.25, 0.3) is 27.2 Å². The third-order valence-corrected chi connectivity index (χ3v) is 3.15. The van der Waals surface area contributed by atoms with Gasteiger partial charge in [-0.2, -0.15) is 9.50 Å². The van der Waals surface area contributed by atoms with Crippen molar-refractivity contribution in [3.8, 4) is 0 Å². The number of nitrogens with zero attached hydrogens (tertiary/aromatic N) is 2. The lowest BCUT2D eigenvalue weighted by atomic mass is 10.1. The number of H-pyrrole nitrogens is 1. The Kier molecular flexibility index (Phi) is 1.56. The largest absolute Gasteiger partial charge is 0.278 e. The highest BCUT2D eigenvalue weighted by Crippen LogP contribution is 2.20. The second kappa shape index (κ2) is 3.04. The van der Waals surface area contributed by atoms with Gasteiger partial charge in [-0.05, 0) is 23.6 Å². The first kappa shape index (κ1) is 8.70. The van der Waals surface area contributed by atoms with Crippen LogP contribution >= 0.6 is 0 Å². The highest BCUT2D eigenvalue weighted by molar-refractivity contribution is 5.96. The minimum atomic E-state index is 1.08. The molecule has 1 N–H and O–H groups in total. The Morgan fingerprint density at radius 1 is 1.00 bits per heavy atom. The molecule has 0 saturated heterocycles. The fourth-order valence-electron chi connectivity index (χ4n) is 2.28. The zero-order chi connectivity index (χ0) is 11.2. The van der Waals surface area contributed by atoms with E-state index in [1.807, 2.05) is 12.3 Å². The van der Waals surface area contributed by atoms with Gasteiger partial charge in [-0.15, -0.1) is 0 Å². The van der Waals surface area contributed by atoms with Crippen molar-refractivity contribution in [3.63, 3.8) is 0 Å². The van der Waals surface area contributed by atoms with Crippen molar-refractivity contribution in [1.82, 2.24) is 10.2 Å². The summed E-state index contributed by atoms with van der Waals surface area (Å²) in [6.07, 6.45) is 6.06. The number of pyridine rings is 2. The molecule has 3 heterocycles. The van der Waals surface area contributed by atoms with Gasteiger partial charge in [0, 0.05) is 29.0 Å². The Morgan fingerprint density at radius 3 is 3.00 bits per heavy atom. The summed E-state index contributed by atoms with van der Waals surface area (Å²) >= 11 is 0. The van der Waals surface area contributed by atoms with E-state index >= 15 is 0 Å². The van der Waals surface area contributed by atoms with Gasteiger partial charge in [0.15, 0.2) is 12.4 Å². The van der Waals surface area contributed by atoms with Crippen LogP contribution in [0.3, 0.4) is 0 Å². The average Bonchev–Trinajstić information content (AvgIpc) is 2.80. The number of aromatic amines is 1. The molecule has 4 aromatic rings. The Bertz CT molecular complexity index is 777. The molecule has 3 heteroatoms. The molecule has 1 aromatic carbocycles. The summed E-state index contributed by atoms with van der Waals surface area (Å²) in [6, 6.07) is 12.7. The van der Waals surface area contributed by atoms with E-state index in [1.165, 1.54) is 16.3 Å². The summed E-state index contributed by atoms with van der Waals surface area (Å²) in [5.74, 6) is 0. The van der Waals surface area contributed by atoms with Crippen molar-refractivity contribution >= 4 is 27.2 Å². The SMILES string of the molecule is c1cc[n+]2cc3cc4[nH]ncc4cc3cc2c1. The summed E-state index contributed by atoms with van der Waals surface area (Å²) in [5, 5.41) is 10.7. The molecule has 0 fully saturated rings. The Morgan fingerprint density at radius 2 is 2.00 bits per heavy atom. The van der Waals surface area contributed by atoms with Gasteiger partial charge in [-0.1, -0.05) is 0 Å². The van der Waals surface area contributed by atoms with Crippen molar-refractivity contribution in [3.05, 3.63) is 55.0 Å². The number of fused-ring (bicyclic) bond motifs is 3. The molecule has 0 radical (unpaired) electrons. The predicted molar refractivity (Wildman–Crippen MR) is 66.8 cm³/mol. The van der Waals surface area contributed by atoms with Crippen LogP contribution in [-0.4, -0.2) is 10.2 Å². The minimum absolute atomic E-state index is 1.08. The highest BCUT2D eigenvalue weighted by Gasteiger charge is 2.06. The topological polar surface area (TPSA) is 32.8 Å². The molecule has 0 aliphatic rings. The van der Waals surface area contributed by atoms with Crippen molar-refractivity contribution in [2.24, 2.45) is 0 Å². The maximum atomic E-state index is 4.06. The lowest BCUT2D eigenvalue weighted by molar-refractivity contribution is -0.510. The van der Waals surface area contributed by atoms with Crippen LogP contribution in [0.15, 0.2) is 55.0 Å². The van der Waals surface area contributed by atoms with Gasteiger partial charge in [0.05, 0.1) is 11.7 Å². The third-order valence-electron chi connectivity index (χ3n) is 3.15. The predicted octanol–water partition coefficient (Wildman–Crippen LogP) is 2.45. The Balaban J connectivity index is 2.23. The summed E-state index contributed by atoms with van der Waals surface area (Å²) in [4.78, 5) is 0. The van der Waals surface area contributed by atoms with Crippen molar-refractivity contribution < 1.29 is 4.40 Å². The van der Waals surface area contributed by atoms with Crippen LogP contribution < -0.4 is 4.40 Å². The van der Waals surface area contributed by atoms with E-state index in [-0.39, 0.29) is 0 Å². The molecule has 0 aliphatic heterocycles. The Hall–Kier alpha value is -2.42. The zero-order valence-corrected chi connectivity index (χ0v) is 9.09.